The number of hydrogen-bond donors (Lipinski definition) is 1. The van der Waals surface area contributed by atoms with Gasteiger partial charge in [-0.05, 0) is 87.5 Å². The summed E-state index contributed by atoms with van der Waals surface area (Å²) in [6.07, 6.45) is 4.40. The molecule has 2 aromatic rings. The number of carbonyl (C=O) groups is 2. The Morgan fingerprint density at radius 3 is 2.32 bits per heavy atom. The molecule has 224 valence electrons. The Kier molecular flexibility index (Phi) is 11.1. The number of likely N-dealkylation sites (N-methyl/N-ethyl adjacent to an activating group) is 1. The van der Waals surface area contributed by atoms with E-state index >= 15 is 0 Å². The third-order valence-corrected chi connectivity index (χ3v) is 8.75. The first kappa shape index (κ1) is 31.4. The largest absolute Gasteiger partial charge is 0.492 e. The van der Waals surface area contributed by atoms with Crippen LogP contribution in [0.1, 0.15) is 56.1 Å². The predicted octanol–water partition coefficient (Wildman–Crippen LogP) is 5.97. The summed E-state index contributed by atoms with van der Waals surface area (Å²) in [5.41, 5.74) is 1.44. The van der Waals surface area contributed by atoms with Crippen molar-refractivity contribution in [2.75, 3.05) is 46.9 Å². The summed E-state index contributed by atoms with van der Waals surface area (Å²) in [7, 11) is 4.09. The van der Waals surface area contributed by atoms with E-state index in [9.17, 15) is 14.0 Å². The molecule has 10 heteroatoms. The number of carbonyl (C=O) groups excluding carboxylic acids is 2. The highest BCUT2D eigenvalue weighted by Crippen LogP contribution is 2.36. The molecular formula is C31H41Cl2FN4O3. The van der Waals surface area contributed by atoms with Crippen LogP contribution in [-0.2, 0) is 11.2 Å². The van der Waals surface area contributed by atoms with Crippen LogP contribution in [0.4, 0.5) is 9.18 Å². The number of urea groups is 1. The Morgan fingerprint density at radius 1 is 1.02 bits per heavy atom. The van der Waals surface area contributed by atoms with Crippen LogP contribution in [0.25, 0.3) is 0 Å². The number of halogens is 3. The molecule has 0 spiro atoms. The fourth-order valence-electron chi connectivity index (χ4n) is 5.69. The summed E-state index contributed by atoms with van der Waals surface area (Å²) in [6, 6.07) is 9.34. The first-order valence-electron chi connectivity index (χ1n) is 14.5. The van der Waals surface area contributed by atoms with Crippen molar-refractivity contribution >= 4 is 35.1 Å². The summed E-state index contributed by atoms with van der Waals surface area (Å²) in [5.74, 6) is 0.308. The Labute approximate surface area is 252 Å². The summed E-state index contributed by atoms with van der Waals surface area (Å²) < 4.78 is 21.0. The van der Waals surface area contributed by atoms with Gasteiger partial charge in [0.1, 0.15) is 24.2 Å². The van der Waals surface area contributed by atoms with Crippen LogP contribution in [0.5, 0.6) is 5.75 Å². The van der Waals surface area contributed by atoms with Gasteiger partial charge in [0, 0.05) is 48.7 Å². The smallest absolute Gasteiger partial charge is 0.318 e. The summed E-state index contributed by atoms with van der Waals surface area (Å²) in [4.78, 5) is 32.4. The third kappa shape index (κ3) is 8.27. The molecule has 2 heterocycles. The maximum Gasteiger partial charge on any atom is 0.318 e. The minimum Gasteiger partial charge on any atom is -0.492 e. The van der Waals surface area contributed by atoms with Gasteiger partial charge in [0.25, 0.3) is 0 Å². The molecule has 2 atom stereocenters. The SMILES string of the molecule is CC[C@H](COc1cc(Cl)ccc1C1CCN(C(=O)[C@@H](Cc2ccc(Cl)cc2F)NC(=O)N2CCCC2)CC1)N(C)C. The normalized spacial score (nSPS) is 17.5. The monoisotopic (exact) mass is 606 g/mol. The van der Waals surface area contributed by atoms with Crippen molar-refractivity contribution in [2.24, 2.45) is 0 Å². The van der Waals surface area contributed by atoms with Crippen molar-refractivity contribution in [3.8, 4) is 5.75 Å². The standard InChI is InChI=1S/C31H41Cl2FN4O3/c1-4-25(36(2)3)20-41-29-19-24(33)9-10-26(29)21-11-15-37(16-12-21)30(39)28(35-31(40)38-13-5-6-14-38)17-22-7-8-23(32)18-27(22)34/h7-10,18-19,21,25,28H,4-6,11-17,20H2,1-3H3,(H,35,40)/t25-,28-/m1/s1. The minimum absolute atomic E-state index is 0.0565. The van der Waals surface area contributed by atoms with Crippen molar-refractivity contribution in [1.82, 2.24) is 20.0 Å². The fraction of sp³-hybridized carbons (Fsp3) is 0.548. The number of benzene rings is 2. The van der Waals surface area contributed by atoms with Crippen LogP contribution < -0.4 is 10.1 Å². The van der Waals surface area contributed by atoms with E-state index in [-0.39, 0.29) is 29.3 Å². The van der Waals surface area contributed by atoms with Crippen molar-refractivity contribution < 1.29 is 18.7 Å². The maximum atomic E-state index is 14.7. The number of piperidine rings is 1. The van der Waals surface area contributed by atoms with Gasteiger partial charge in [0.05, 0.1) is 0 Å². The van der Waals surface area contributed by atoms with Crippen LogP contribution in [0.2, 0.25) is 10.0 Å². The average Bonchev–Trinajstić information content (AvgIpc) is 3.49. The van der Waals surface area contributed by atoms with E-state index in [2.05, 4.69) is 17.1 Å². The highest BCUT2D eigenvalue weighted by molar-refractivity contribution is 6.31. The lowest BCUT2D eigenvalue weighted by Crippen LogP contribution is -2.54. The van der Waals surface area contributed by atoms with Gasteiger partial charge in [-0.15, -0.1) is 0 Å². The summed E-state index contributed by atoms with van der Waals surface area (Å²) >= 11 is 12.3. The lowest BCUT2D eigenvalue weighted by atomic mass is 9.88. The molecule has 2 saturated heterocycles. The first-order chi connectivity index (χ1) is 19.7. The number of ether oxygens (including phenoxy) is 1. The Balaban J connectivity index is 1.45. The quantitative estimate of drug-likeness (QED) is 0.362. The Hall–Kier alpha value is -2.55. The average molecular weight is 608 g/mol. The number of hydrogen-bond acceptors (Lipinski definition) is 4. The lowest BCUT2D eigenvalue weighted by molar-refractivity contribution is -0.134. The van der Waals surface area contributed by atoms with Crippen LogP contribution in [-0.4, -0.2) is 85.6 Å². The number of rotatable bonds is 10. The van der Waals surface area contributed by atoms with Crippen LogP contribution in [0.3, 0.4) is 0 Å². The topological polar surface area (TPSA) is 65.1 Å². The molecule has 0 saturated carbocycles. The highest BCUT2D eigenvalue weighted by atomic mass is 35.5. The van der Waals surface area contributed by atoms with Gasteiger partial charge < -0.3 is 24.8 Å². The molecule has 0 unspecified atom stereocenters. The van der Waals surface area contributed by atoms with Crippen molar-refractivity contribution in [2.45, 2.75) is 63.5 Å². The molecule has 3 amide bonds. The molecule has 2 aromatic carbocycles. The molecule has 7 nitrogen and oxygen atoms in total. The number of likely N-dealkylation sites (tertiary alicyclic amines) is 2. The van der Waals surface area contributed by atoms with Crippen molar-refractivity contribution in [1.29, 1.82) is 0 Å². The summed E-state index contributed by atoms with van der Waals surface area (Å²) in [6.45, 7) is 5.08. The van der Waals surface area contributed by atoms with Gasteiger partial charge in [0.2, 0.25) is 5.91 Å². The van der Waals surface area contributed by atoms with E-state index in [4.69, 9.17) is 27.9 Å². The second-order valence-electron chi connectivity index (χ2n) is 11.3. The van der Waals surface area contributed by atoms with Gasteiger partial charge in [-0.1, -0.05) is 42.3 Å². The van der Waals surface area contributed by atoms with Crippen molar-refractivity contribution in [3.63, 3.8) is 0 Å². The third-order valence-electron chi connectivity index (χ3n) is 8.28. The van der Waals surface area contributed by atoms with Gasteiger partial charge >= 0.3 is 6.03 Å². The first-order valence-corrected chi connectivity index (χ1v) is 15.3. The van der Waals surface area contributed by atoms with Crippen LogP contribution >= 0.6 is 23.2 Å². The van der Waals surface area contributed by atoms with E-state index in [1.54, 1.807) is 21.9 Å². The molecule has 1 N–H and O–H groups in total. The molecule has 2 aliphatic rings. The lowest BCUT2D eigenvalue weighted by Gasteiger charge is -2.35. The zero-order chi connectivity index (χ0) is 29.5. The second kappa shape index (κ2) is 14.6. The Morgan fingerprint density at radius 2 is 1.68 bits per heavy atom. The molecule has 41 heavy (non-hydrogen) atoms. The predicted molar refractivity (Wildman–Crippen MR) is 162 cm³/mol. The fourth-order valence-corrected chi connectivity index (χ4v) is 6.01. The highest BCUT2D eigenvalue weighted by Gasteiger charge is 2.33. The van der Waals surface area contributed by atoms with E-state index < -0.39 is 11.9 Å². The van der Waals surface area contributed by atoms with Gasteiger partial charge in [0.15, 0.2) is 0 Å². The number of amides is 3. The van der Waals surface area contributed by atoms with Gasteiger partial charge in [-0.3, -0.25) is 4.79 Å². The number of nitrogens with zero attached hydrogens (tertiary/aromatic N) is 3. The molecule has 0 radical (unpaired) electrons. The van der Waals surface area contributed by atoms with E-state index in [1.165, 1.54) is 6.07 Å². The minimum atomic E-state index is -0.873. The molecule has 4 rings (SSSR count). The molecule has 0 bridgehead atoms. The molecular weight excluding hydrogens is 566 g/mol. The number of nitrogens with one attached hydrogen (secondary N) is 1. The zero-order valence-electron chi connectivity index (χ0n) is 24.2. The molecule has 0 aromatic heterocycles. The van der Waals surface area contributed by atoms with Crippen LogP contribution in [0.15, 0.2) is 36.4 Å². The molecule has 0 aliphatic carbocycles. The Bertz CT molecular complexity index is 1200. The second-order valence-corrected chi connectivity index (χ2v) is 12.1. The maximum absolute atomic E-state index is 14.7. The molecule has 2 fully saturated rings. The van der Waals surface area contributed by atoms with Crippen LogP contribution in [0, 0.1) is 5.82 Å². The van der Waals surface area contributed by atoms with E-state index in [0.29, 0.717) is 49.4 Å². The van der Waals surface area contributed by atoms with E-state index in [1.807, 2.05) is 32.3 Å². The zero-order valence-corrected chi connectivity index (χ0v) is 25.7. The summed E-state index contributed by atoms with van der Waals surface area (Å²) in [5, 5.41) is 3.82. The van der Waals surface area contributed by atoms with Gasteiger partial charge in [-0.2, -0.15) is 0 Å². The molecule has 2 aliphatic heterocycles. The van der Waals surface area contributed by atoms with Crippen molar-refractivity contribution in [3.05, 3.63) is 63.4 Å². The van der Waals surface area contributed by atoms with E-state index in [0.717, 1.165) is 43.4 Å². The van der Waals surface area contributed by atoms with Gasteiger partial charge in [-0.25, -0.2) is 9.18 Å².